The third kappa shape index (κ3) is 17.5. The third-order valence-corrected chi connectivity index (χ3v) is 8.30. The van der Waals surface area contributed by atoms with Crippen LogP contribution in [-0.4, -0.2) is 110 Å². The Morgan fingerprint density at radius 1 is 0.843 bits per heavy atom. The van der Waals surface area contributed by atoms with Crippen LogP contribution < -0.4 is 43.4 Å². The van der Waals surface area contributed by atoms with Crippen LogP contribution in [0.5, 0.6) is 0 Å². The Hall–Kier alpha value is -4.28. The number of ether oxygens (including phenoxy) is 1. The highest BCUT2D eigenvalue weighted by atomic mass is 16.5. The standard InChI is InChI=1S/C35H61N9O7/c1-22(2)28(32(50)43-26(21-45)31(49)42-25(29(47)38-7)19-23-13-10-9-11-14-23)44-30(48)24(15-12-17-40-33(36)37)41-27(46)20-35(5,6)51-18-16-34(3,4)39-8/h9-11,13-14,22,24-26,28,39,45H,12,15-21H2,1-8H3,(H,38,47)(H,41,46)(H,42,49)(H,43,50)(H,44,48)(H4,36,37,40)/t24-,25-,26-,28?/m0/s1. The second-order valence-corrected chi connectivity index (χ2v) is 14.1. The molecule has 16 nitrogen and oxygen atoms in total. The van der Waals surface area contributed by atoms with Crippen molar-refractivity contribution in [2.24, 2.45) is 22.4 Å². The number of nitrogens with two attached hydrogens (primary N) is 2. The molecule has 0 heterocycles. The number of rotatable bonds is 23. The number of nitrogens with zero attached hydrogens (tertiary/aromatic N) is 1. The number of benzene rings is 1. The maximum absolute atomic E-state index is 13.6. The largest absolute Gasteiger partial charge is 0.394 e. The van der Waals surface area contributed by atoms with Gasteiger partial charge < -0.3 is 53.2 Å². The Labute approximate surface area is 302 Å². The monoisotopic (exact) mass is 719 g/mol. The van der Waals surface area contributed by atoms with Gasteiger partial charge in [-0.25, -0.2) is 0 Å². The Morgan fingerprint density at radius 2 is 1.45 bits per heavy atom. The number of carbonyl (C=O) groups is 5. The molecule has 288 valence electrons. The fourth-order valence-electron chi connectivity index (χ4n) is 4.91. The van der Waals surface area contributed by atoms with E-state index in [1.165, 1.54) is 7.05 Å². The molecule has 0 bridgehead atoms. The summed E-state index contributed by atoms with van der Waals surface area (Å²) < 4.78 is 6.00. The predicted molar refractivity (Wildman–Crippen MR) is 196 cm³/mol. The summed E-state index contributed by atoms with van der Waals surface area (Å²) in [7, 11) is 3.30. The summed E-state index contributed by atoms with van der Waals surface area (Å²) in [6.07, 6.45) is 1.35. The number of aliphatic imine (C=N–C) groups is 1. The highest BCUT2D eigenvalue weighted by Crippen LogP contribution is 2.18. The summed E-state index contributed by atoms with van der Waals surface area (Å²) in [6.45, 7) is 10.9. The van der Waals surface area contributed by atoms with Gasteiger partial charge in [-0.15, -0.1) is 0 Å². The molecule has 0 fully saturated rings. The molecule has 0 saturated heterocycles. The van der Waals surface area contributed by atoms with Crippen LogP contribution in [0.15, 0.2) is 35.3 Å². The number of carbonyl (C=O) groups excluding carboxylic acids is 5. The van der Waals surface area contributed by atoms with Gasteiger partial charge >= 0.3 is 0 Å². The van der Waals surface area contributed by atoms with Gasteiger partial charge in [-0.3, -0.25) is 29.0 Å². The van der Waals surface area contributed by atoms with Crippen molar-refractivity contribution in [1.82, 2.24) is 31.9 Å². The van der Waals surface area contributed by atoms with E-state index in [2.05, 4.69) is 36.9 Å². The topological polar surface area (TPSA) is 251 Å². The van der Waals surface area contributed by atoms with Crippen molar-refractivity contribution in [2.45, 2.75) is 109 Å². The van der Waals surface area contributed by atoms with Gasteiger partial charge in [0.2, 0.25) is 29.5 Å². The van der Waals surface area contributed by atoms with Crippen LogP contribution in [0, 0.1) is 5.92 Å². The molecule has 0 aliphatic heterocycles. The van der Waals surface area contributed by atoms with E-state index in [0.29, 0.717) is 19.4 Å². The molecule has 0 radical (unpaired) electrons. The van der Waals surface area contributed by atoms with Crippen molar-refractivity contribution in [2.75, 3.05) is 33.9 Å². The molecule has 0 aliphatic rings. The van der Waals surface area contributed by atoms with E-state index in [1.807, 2.05) is 39.1 Å². The van der Waals surface area contributed by atoms with Gasteiger partial charge in [0.25, 0.3) is 0 Å². The Bertz CT molecular complexity index is 1300. The maximum Gasteiger partial charge on any atom is 0.245 e. The van der Waals surface area contributed by atoms with Gasteiger partial charge in [0.1, 0.15) is 24.2 Å². The third-order valence-electron chi connectivity index (χ3n) is 8.30. The Morgan fingerprint density at radius 3 is 2.00 bits per heavy atom. The maximum atomic E-state index is 13.6. The number of aliphatic hydroxyl groups is 1. The SMILES string of the molecule is CNC(=O)[C@H](Cc1ccccc1)NC(=O)[C@H](CO)NC(=O)C(NC(=O)[C@H](CCCN=C(N)N)NC(=O)CC(C)(C)OCCC(C)(C)NC)C(C)C. The van der Waals surface area contributed by atoms with Crippen LogP contribution >= 0.6 is 0 Å². The first kappa shape index (κ1) is 44.7. The van der Waals surface area contributed by atoms with Crippen LogP contribution in [0.2, 0.25) is 0 Å². The number of amides is 5. The number of aliphatic hydroxyl groups excluding tert-OH is 1. The van der Waals surface area contributed by atoms with E-state index in [-0.39, 0.29) is 37.3 Å². The summed E-state index contributed by atoms with van der Waals surface area (Å²) >= 11 is 0. The molecule has 0 aromatic heterocycles. The van der Waals surface area contributed by atoms with Crippen LogP contribution in [0.4, 0.5) is 0 Å². The highest BCUT2D eigenvalue weighted by molar-refractivity contribution is 5.95. The summed E-state index contributed by atoms with van der Waals surface area (Å²) in [5.41, 5.74) is 10.7. The molecule has 1 rings (SSSR count). The van der Waals surface area contributed by atoms with Gasteiger partial charge in [0, 0.05) is 32.2 Å². The lowest BCUT2D eigenvalue weighted by molar-refractivity contribution is -0.136. The summed E-state index contributed by atoms with van der Waals surface area (Å²) in [4.78, 5) is 70.0. The summed E-state index contributed by atoms with van der Waals surface area (Å²) in [5, 5.41) is 26.3. The molecule has 16 heteroatoms. The minimum absolute atomic E-state index is 0.0344. The quantitative estimate of drug-likeness (QED) is 0.0386. The first-order valence-electron chi connectivity index (χ1n) is 17.3. The zero-order chi connectivity index (χ0) is 38.8. The van der Waals surface area contributed by atoms with E-state index in [1.54, 1.807) is 39.8 Å². The molecule has 0 aliphatic carbocycles. The Kier molecular flexibility index (Phi) is 19.2. The van der Waals surface area contributed by atoms with Crippen molar-refractivity contribution in [3.05, 3.63) is 35.9 Å². The normalized spacial score (nSPS) is 14.0. The van der Waals surface area contributed by atoms with Crippen molar-refractivity contribution in [3.63, 3.8) is 0 Å². The number of hydrogen-bond donors (Lipinski definition) is 9. The van der Waals surface area contributed by atoms with Crippen LogP contribution in [0.3, 0.4) is 0 Å². The van der Waals surface area contributed by atoms with E-state index in [9.17, 15) is 29.1 Å². The molecule has 0 saturated carbocycles. The van der Waals surface area contributed by atoms with Gasteiger partial charge in [0.05, 0.1) is 18.6 Å². The lowest BCUT2D eigenvalue weighted by atomic mass is 10.00. The first-order chi connectivity index (χ1) is 23.8. The van der Waals surface area contributed by atoms with Gasteiger partial charge in [-0.1, -0.05) is 44.2 Å². The van der Waals surface area contributed by atoms with Crippen molar-refractivity contribution < 1.29 is 33.8 Å². The molecule has 5 amide bonds. The molecule has 1 aromatic carbocycles. The zero-order valence-corrected chi connectivity index (χ0v) is 31.4. The molecular weight excluding hydrogens is 658 g/mol. The molecule has 1 aromatic rings. The average molecular weight is 720 g/mol. The molecule has 0 spiro atoms. The smallest absolute Gasteiger partial charge is 0.245 e. The van der Waals surface area contributed by atoms with Gasteiger partial charge in [-0.05, 0) is 65.5 Å². The minimum Gasteiger partial charge on any atom is -0.394 e. The Balaban J connectivity index is 3.05. The second kappa shape index (κ2) is 21.8. The van der Waals surface area contributed by atoms with Crippen LogP contribution in [-0.2, 0) is 35.1 Å². The minimum atomic E-state index is -1.42. The van der Waals surface area contributed by atoms with E-state index in [0.717, 1.165) is 5.56 Å². The number of nitrogens with one attached hydrogen (secondary N) is 6. The molecule has 1 unspecified atom stereocenters. The van der Waals surface area contributed by atoms with Gasteiger partial charge in [-0.2, -0.15) is 0 Å². The molecule has 11 N–H and O–H groups in total. The molecular formula is C35H61N9O7. The van der Waals surface area contributed by atoms with Crippen molar-refractivity contribution in [1.29, 1.82) is 0 Å². The van der Waals surface area contributed by atoms with Crippen LogP contribution in [0.25, 0.3) is 0 Å². The lowest BCUT2D eigenvalue weighted by Crippen LogP contribution is -2.60. The average Bonchev–Trinajstić information content (AvgIpc) is 3.06. The van der Waals surface area contributed by atoms with Crippen molar-refractivity contribution >= 4 is 35.5 Å². The first-order valence-corrected chi connectivity index (χ1v) is 17.3. The number of hydrogen-bond acceptors (Lipinski definition) is 9. The fraction of sp³-hybridized carbons (Fsp3) is 0.657. The van der Waals surface area contributed by atoms with E-state index in [4.69, 9.17) is 16.2 Å². The fourth-order valence-corrected chi connectivity index (χ4v) is 4.91. The molecule has 4 atom stereocenters. The molecule has 51 heavy (non-hydrogen) atoms. The summed E-state index contributed by atoms with van der Waals surface area (Å²) in [5.74, 6) is -3.61. The lowest BCUT2D eigenvalue weighted by Gasteiger charge is -2.30. The highest BCUT2D eigenvalue weighted by Gasteiger charge is 2.33. The van der Waals surface area contributed by atoms with Gasteiger partial charge in [0.15, 0.2) is 5.96 Å². The second-order valence-electron chi connectivity index (χ2n) is 14.1. The zero-order valence-electron chi connectivity index (χ0n) is 31.4. The predicted octanol–water partition coefficient (Wildman–Crippen LogP) is -0.810. The van der Waals surface area contributed by atoms with Crippen molar-refractivity contribution in [3.8, 4) is 0 Å². The van der Waals surface area contributed by atoms with Crippen LogP contribution in [0.1, 0.15) is 72.8 Å². The van der Waals surface area contributed by atoms with E-state index >= 15 is 0 Å². The number of likely N-dealkylation sites (N-methyl/N-ethyl adjacent to an activating group) is 1. The van der Waals surface area contributed by atoms with E-state index < -0.39 is 71.8 Å². The summed E-state index contributed by atoms with van der Waals surface area (Å²) in [6, 6.07) is 4.45. The number of guanidine groups is 1.